The summed E-state index contributed by atoms with van der Waals surface area (Å²) >= 11 is 0. The van der Waals surface area contributed by atoms with E-state index >= 15 is 0 Å². The molecule has 25 heavy (non-hydrogen) atoms. The Morgan fingerprint density at radius 2 is 1.76 bits per heavy atom. The van der Waals surface area contributed by atoms with Gasteiger partial charge in [-0.05, 0) is 18.1 Å². The molecule has 0 saturated carbocycles. The van der Waals surface area contributed by atoms with Crippen molar-refractivity contribution in [1.82, 2.24) is 5.32 Å². The van der Waals surface area contributed by atoms with E-state index in [1.807, 2.05) is 55.5 Å². The lowest BCUT2D eigenvalue weighted by molar-refractivity contribution is 0.136. The second-order valence-corrected chi connectivity index (χ2v) is 7.75. The molecular formula is C18H22NO5P. The smallest absolute Gasteiger partial charge is 0.408 e. The van der Waals surface area contributed by atoms with Gasteiger partial charge in [-0.2, -0.15) is 0 Å². The molecule has 0 aliphatic rings. The molecule has 6 nitrogen and oxygen atoms in total. The van der Waals surface area contributed by atoms with E-state index in [0.717, 1.165) is 11.1 Å². The quantitative estimate of drug-likeness (QED) is 0.738. The van der Waals surface area contributed by atoms with Crippen LogP contribution in [0.15, 0.2) is 54.6 Å². The third-order valence-corrected chi connectivity index (χ3v) is 5.73. The maximum absolute atomic E-state index is 12.9. The molecule has 2 rings (SSSR count). The molecule has 2 aromatic rings. The SMILES string of the molecule is COP(=O)(OC)C(NC(=O)OCc1ccccc1)c1cccc(C)c1. The van der Waals surface area contributed by atoms with Gasteiger partial charge in [0.05, 0.1) is 0 Å². The van der Waals surface area contributed by atoms with Crippen LogP contribution >= 0.6 is 7.60 Å². The summed E-state index contributed by atoms with van der Waals surface area (Å²) in [7, 11) is -1.03. The highest BCUT2D eigenvalue weighted by Crippen LogP contribution is 2.58. The topological polar surface area (TPSA) is 73.9 Å². The second-order valence-electron chi connectivity index (χ2n) is 5.43. The van der Waals surface area contributed by atoms with E-state index in [0.29, 0.717) is 5.56 Å². The van der Waals surface area contributed by atoms with Crippen molar-refractivity contribution >= 4 is 13.7 Å². The van der Waals surface area contributed by atoms with E-state index < -0.39 is 19.5 Å². The molecule has 0 aromatic heterocycles. The van der Waals surface area contributed by atoms with E-state index in [1.54, 1.807) is 6.07 Å². The van der Waals surface area contributed by atoms with Gasteiger partial charge in [0.1, 0.15) is 6.61 Å². The van der Waals surface area contributed by atoms with Crippen molar-refractivity contribution < 1.29 is 23.1 Å². The number of hydrogen-bond donors (Lipinski definition) is 1. The molecule has 2 aromatic carbocycles. The van der Waals surface area contributed by atoms with Crippen LogP contribution in [0.3, 0.4) is 0 Å². The standard InChI is InChI=1S/C18H22NO5P/c1-14-8-7-11-16(12-14)17(25(21,22-2)23-3)19-18(20)24-13-15-9-5-4-6-10-15/h4-12,17H,13H2,1-3H3,(H,19,20). The van der Waals surface area contributed by atoms with Crippen LogP contribution in [0.25, 0.3) is 0 Å². The number of alkyl carbamates (subject to hydrolysis) is 1. The maximum atomic E-state index is 12.9. The number of carbonyl (C=O) groups excluding carboxylic acids is 1. The van der Waals surface area contributed by atoms with Crippen LogP contribution in [0.1, 0.15) is 22.5 Å². The Morgan fingerprint density at radius 3 is 2.36 bits per heavy atom. The van der Waals surface area contributed by atoms with Gasteiger partial charge in [-0.1, -0.05) is 60.2 Å². The molecule has 0 fully saturated rings. The van der Waals surface area contributed by atoms with E-state index in [1.165, 1.54) is 14.2 Å². The molecule has 1 N–H and O–H groups in total. The number of benzene rings is 2. The average molecular weight is 363 g/mol. The van der Waals surface area contributed by atoms with Gasteiger partial charge in [0.2, 0.25) is 0 Å². The molecule has 134 valence electrons. The van der Waals surface area contributed by atoms with Gasteiger partial charge in [0.15, 0.2) is 5.78 Å². The minimum atomic E-state index is -3.59. The minimum Gasteiger partial charge on any atom is -0.445 e. The summed E-state index contributed by atoms with van der Waals surface area (Å²) in [5, 5.41) is 2.60. The summed E-state index contributed by atoms with van der Waals surface area (Å²) in [4.78, 5) is 12.2. The summed E-state index contributed by atoms with van der Waals surface area (Å²) in [6.45, 7) is 2.01. The highest BCUT2D eigenvalue weighted by Gasteiger charge is 2.37. The zero-order valence-electron chi connectivity index (χ0n) is 14.5. The van der Waals surface area contributed by atoms with E-state index in [4.69, 9.17) is 13.8 Å². The molecule has 0 radical (unpaired) electrons. The maximum Gasteiger partial charge on any atom is 0.408 e. The number of aryl methyl sites for hydroxylation is 1. The zero-order chi connectivity index (χ0) is 18.3. The molecule has 0 aliphatic heterocycles. The molecular weight excluding hydrogens is 341 g/mol. The molecule has 1 unspecified atom stereocenters. The first-order valence-corrected chi connectivity index (χ1v) is 9.34. The van der Waals surface area contributed by atoms with Gasteiger partial charge in [0.25, 0.3) is 0 Å². The van der Waals surface area contributed by atoms with Gasteiger partial charge in [0, 0.05) is 14.2 Å². The number of ether oxygens (including phenoxy) is 1. The molecule has 0 bridgehead atoms. The molecule has 0 aliphatic carbocycles. The molecule has 0 spiro atoms. The van der Waals surface area contributed by atoms with Crippen molar-refractivity contribution in [2.24, 2.45) is 0 Å². The Bertz CT molecular complexity index is 742. The Balaban J connectivity index is 2.15. The molecule has 1 amide bonds. The van der Waals surface area contributed by atoms with Crippen molar-refractivity contribution in [3.63, 3.8) is 0 Å². The zero-order valence-corrected chi connectivity index (χ0v) is 15.4. The van der Waals surface area contributed by atoms with E-state index in [-0.39, 0.29) is 6.61 Å². The van der Waals surface area contributed by atoms with Crippen molar-refractivity contribution in [3.05, 3.63) is 71.3 Å². The first-order chi connectivity index (χ1) is 12.0. The van der Waals surface area contributed by atoms with Gasteiger partial charge in [-0.3, -0.25) is 4.57 Å². The number of hydrogen-bond acceptors (Lipinski definition) is 5. The highest BCUT2D eigenvalue weighted by molar-refractivity contribution is 7.54. The van der Waals surface area contributed by atoms with Gasteiger partial charge in [-0.25, -0.2) is 4.79 Å². The molecule has 0 heterocycles. The summed E-state index contributed by atoms with van der Waals surface area (Å²) in [5.41, 5.74) is 2.43. The normalized spacial score (nSPS) is 12.4. The summed E-state index contributed by atoms with van der Waals surface area (Å²) in [6, 6.07) is 16.6. The van der Waals surface area contributed by atoms with Crippen LogP contribution < -0.4 is 5.32 Å². The Morgan fingerprint density at radius 1 is 1.08 bits per heavy atom. The molecule has 7 heteroatoms. The van der Waals surface area contributed by atoms with Gasteiger partial charge >= 0.3 is 13.7 Å². The third kappa shape index (κ3) is 5.16. The van der Waals surface area contributed by atoms with Crippen LogP contribution in [-0.2, 0) is 25.0 Å². The largest absolute Gasteiger partial charge is 0.445 e. The summed E-state index contributed by atoms with van der Waals surface area (Å²) < 4.78 is 28.2. The first kappa shape index (κ1) is 19.2. The lowest BCUT2D eigenvalue weighted by Gasteiger charge is -2.25. The lowest BCUT2D eigenvalue weighted by Crippen LogP contribution is -2.30. The van der Waals surface area contributed by atoms with E-state index in [9.17, 15) is 9.36 Å². The summed E-state index contributed by atoms with van der Waals surface area (Å²) in [5.74, 6) is -0.967. The summed E-state index contributed by atoms with van der Waals surface area (Å²) in [6.07, 6.45) is -0.704. The Kier molecular flexibility index (Phi) is 6.76. The van der Waals surface area contributed by atoms with Crippen LogP contribution in [0.4, 0.5) is 4.79 Å². The lowest BCUT2D eigenvalue weighted by atomic mass is 10.1. The molecule has 1 atom stereocenters. The fraction of sp³-hybridized carbons (Fsp3) is 0.278. The molecule has 0 saturated heterocycles. The minimum absolute atomic E-state index is 0.109. The predicted octanol–water partition coefficient (Wildman–Crippen LogP) is 4.41. The van der Waals surface area contributed by atoms with Crippen molar-refractivity contribution in [3.8, 4) is 0 Å². The number of nitrogens with one attached hydrogen (secondary N) is 1. The number of amides is 1. The number of carbonyl (C=O) groups is 1. The van der Waals surface area contributed by atoms with Gasteiger partial charge < -0.3 is 19.1 Å². The second kappa shape index (κ2) is 8.81. The van der Waals surface area contributed by atoms with Crippen molar-refractivity contribution in [2.75, 3.05) is 14.2 Å². The first-order valence-electron chi connectivity index (χ1n) is 7.73. The van der Waals surface area contributed by atoms with Crippen molar-refractivity contribution in [1.29, 1.82) is 0 Å². The highest BCUT2D eigenvalue weighted by atomic mass is 31.2. The van der Waals surface area contributed by atoms with E-state index in [2.05, 4.69) is 5.32 Å². The van der Waals surface area contributed by atoms with Gasteiger partial charge in [-0.15, -0.1) is 0 Å². The van der Waals surface area contributed by atoms with Crippen LogP contribution in [0.5, 0.6) is 0 Å². The number of rotatable bonds is 7. The van der Waals surface area contributed by atoms with Crippen LogP contribution in [-0.4, -0.2) is 20.3 Å². The Hall–Kier alpha value is -2.14. The fourth-order valence-corrected chi connectivity index (χ4v) is 3.71. The van der Waals surface area contributed by atoms with Crippen LogP contribution in [0, 0.1) is 6.92 Å². The Labute approximate surface area is 147 Å². The third-order valence-electron chi connectivity index (χ3n) is 3.65. The fourth-order valence-electron chi connectivity index (χ4n) is 2.35. The monoisotopic (exact) mass is 363 g/mol. The average Bonchev–Trinajstić information content (AvgIpc) is 2.64. The predicted molar refractivity (Wildman–Crippen MR) is 95.3 cm³/mol. The van der Waals surface area contributed by atoms with Crippen molar-refractivity contribution in [2.45, 2.75) is 19.3 Å². The van der Waals surface area contributed by atoms with Crippen LogP contribution in [0.2, 0.25) is 0 Å².